The molecule has 0 saturated carbocycles. The van der Waals surface area contributed by atoms with Crippen molar-refractivity contribution in [1.29, 1.82) is 0 Å². The molecule has 0 saturated heterocycles. The summed E-state index contributed by atoms with van der Waals surface area (Å²) in [6, 6.07) is 4.21. The minimum absolute atomic E-state index is 0.0565. The molecule has 0 aliphatic carbocycles. The van der Waals surface area contributed by atoms with Gasteiger partial charge in [-0.15, -0.1) is 11.6 Å². The van der Waals surface area contributed by atoms with E-state index in [1.54, 1.807) is 7.05 Å². The molecule has 0 N–H and O–H groups in total. The average Bonchev–Trinajstić information content (AvgIpc) is 2.42. The van der Waals surface area contributed by atoms with Crippen LogP contribution in [0.1, 0.15) is 29.6 Å². The molecule has 0 heterocycles. The van der Waals surface area contributed by atoms with E-state index in [1.807, 2.05) is 0 Å². The fourth-order valence-corrected chi connectivity index (χ4v) is 2.23. The number of alkyl halides is 1. The van der Waals surface area contributed by atoms with E-state index in [9.17, 15) is 14.9 Å². The molecule has 0 aliphatic heterocycles. The van der Waals surface area contributed by atoms with Crippen LogP contribution in [-0.2, 0) is 0 Å². The largest absolute Gasteiger partial charge is 0.341 e. The van der Waals surface area contributed by atoms with Crippen molar-refractivity contribution in [3.05, 3.63) is 38.9 Å². The molecule has 0 fully saturated rings. The number of unbranched alkanes of at least 4 members (excludes halogenated alkanes) is 2. The van der Waals surface area contributed by atoms with E-state index in [-0.39, 0.29) is 16.3 Å². The summed E-state index contributed by atoms with van der Waals surface area (Å²) in [6.45, 7) is 0.512. The van der Waals surface area contributed by atoms with Crippen LogP contribution in [0.2, 0.25) is 5.02 Å². The second-order valence-corrected chi connectivity index (χ2v) is 5.15. The van der Waals surface area contributed by atoms with Crippen molar-refractivity contribution in [3.63, 3.8) is 0 Å². The van der Waals surface area contributed by atoms with E-state index < -0.39 is 10.8 Å². The molecule has 5 nitrogen and oxygen atoms in total. The number of rotatable bonds is 7. The van der Waals surface area contributed by atoms with Crippen LogP contribution in [0.25, 0.3) is 0 Å². The van der Waals surface area contributed by atoms with Crippen molar-refractivity contribution in [3.8, 4) is 0 Å². The molecular weight excluding hydrogens is 303 g/mol. The van der Waals surface area contributed by atoms with Crippen molar-refractivity contribution in [2.45, 2.75) is 19.3 Å². The predicted molar refractivity (Wildman–Crippen MR) is 79.6 cm³/mol. The average molecular weight is 319 g/mol. The summed E-state index contributed by atoms with van der Waals surface area (Å²) >= 11 is 11.5. The zero-order chi connectivity index (χ0) is 15.1. The van der Waals surface area contributed by atoms with Gasteiger partial charge in [0.15, 0.2) is 0 Å². The van der Waals surface area contributed by atoms with Crippen LogP contribution in [0.3, 0.4) is 0 Å². The molecule has 7 heteroatoms. The second kappa shape index (κ2) is 8.07. The molecule has 0 bridgehead atoms. The number of carbonyl (C=O) groups is 1. The van der Waals surface area contributed by atoms with Crippen molar-refractivity contribution in [1.82, 2.24) is 4.90 Å². The maximum Gasteiger partial charge on any atom is 0.283 e. The van der Waals surface area contributed by atoms with Crippen LogP contribution in [-0.4, -0.2) is 35.2 Å². The Hall–Kier alpha value is -1.33. The van der Waals surface area contributed by atoms with Crippen LogP contribution >= 0.6 is 23.2 Å². The zero-order valence-electron chi connectivity index (χ0n) is 11.1. The lowest BCUT2D eigenvalue weighted by atomic mass is 10.1. The van der Waals surface area contributed by atoms with Crippen molar-refractivity contribution in [2.24, 2.45) is 0 Å². The Morgan fingerprint density at radius 3 is 2.65 bits per heavy atom. The van der Waals surface area contributed by atoms with Gasteiger partial charge in [0.25, 0.3) is 11.6 Å². The highest BCUT2D eigenvalue weighted by Gasteiger charge is 2.25. The number of amides is 1. The summed E-state index contributed by atoms with van der Waals surface area (Å²) in [5, 5.41) is 11.1. The van der Waals surface area contributed by atoms with Crippen LogP contribution < -0.4 is 0 Å². The van der Waals surface area contributed by atoms with E-state index in [4.69, 9.17) is 23.2 Å². The molecule has 1 rings (SSSR count). The molecule has 1 aromatic rings. The SMILES string of the molecule is CN(CCCCCCl)C(=O)c1c(Cl)cccc1[N+](=O)[O-]. The van der Waals surface area contributed by atoms with Crippen LogP contribution in [0.4, 0.5) is 5.69 Å². The molecule has 1 amide bonds. The fourth-order valence-electron chi connectivity index (χ4n) is 1.79. The predicted octanol–water partition coefficient (Wildman–Crippen LogP) is 3.73. The van der Waals surface area contributed by atoms with Gasteiger partial charge in [-0.1, -0.05) is 24.1 Å². The standard InChI is InChI=1S/C13H16Cl2N2O3/c1-16(9-4-2-3-8-14)13(18)12-10(15)6-5-7-11(12)17(19)20/h5-7H,2-4,8-9H2,1H3. The number of hydrogen-bond donors (Lipinski definition) is 0. The van der Waals surface area contributed by atoms with Gasteiger partial charge in [0.1, 0.15) is 5.56 Å². The number of nitrogens with zero attached hydrogens (tertiary/aromatic N) is 2. The minimum Gasteiger partial charge on any atom is -0.341 e. The zero-order valence-corrected chi connectivity index (χ0v) is 12.7. The number of hydrogen-bond acceptors (Lipinski definition) is 3. The summed E-state index contributed by atoms with van der Waals surface area (Å²) in [4.78, 5) is 24.1. The molecule has 0 atom stereocenters. The van der Waals surface area contributed by atoms with Gasteiger partial charge in [-0.25, -0.2) is 0 Å². The second-order valence-electron chi connectivity index (χ2n) is 4.37. The van der Waals surface area contributed by atoms with E-state index in [0.29, 0.717) is 12.4 Å². The topological polar surface area (TPSA) is 63.5 Å². The van der Waals surface area contributed by atoms with E-state index in [2.05, 4.69) is 0 Å². The molecule has 110 valence electrons. The molecule has 0 radical (unpaired) electrons. The summed E-state index contributed by atoms with van der Waals surface area (Å²) in [5.41, 5.74) is -0.325. The highest BCUT2D eigenvalue weighted by molar-refractivity contribution is 6.34. The lowest BCUT2D eigenvalue weighted by Gasteiger charge is -2.17. The molecule has 20 heavy (non-hydrogen) atoms. The smallest absolute Gasteiger partial charge is 0.283 e. The van der Waals surface area contributed by atoms with Crippen molar-refractivity contribution in [2.75, 3.05) is 19.5 Å². The summed E-state index contributed by atoms with van der Waals surface area (Å²) in [5.74, 6) is 0.154. The summed E-state index contributed by atoms with van der Waals surface area (Å²) in [6.07, 6.45) is 2.59. The number of halogens is 2. The van der Waals surface area contributed by atoms with E-state index in [0.717, 1.165) is 19.3 Å². The van der Waals surface area contributed by atoms with E-state index in [1.165, 1.54) is 23.1 Å². The van der Waals surface area contributed by atoms with E-state index >= 15 is 0 Å². The fraction of sp³-hybridized carbons (Fsp3) is 0.462. The van der Waals surface area contributed by atoms with Crippen molar-refractivity contribution >= 4 is 34.8 Å². The molecule has 0 spiro atoms. The maximum atomic E-state index is 12.3. The van der Waals surface area contributed by atoms with Gasteiger partial charge in [0.2, 0.25) is 0 Å². The Balaban J connectivity index is 2.83. The van der Waals surface area contributed by atoms with Crippen LogP contribution in [0.5, 0.6) is 0 Å². The van der Waals surface area contributed by atoms with Crippen molar-refractivity contribution < 1.29 is 9.72 Å². The van der Waals surface area contributed by atoms with Gasteiger partial charge in [-0.3, -0.25) is 14.9 Å². The summed E-state index contributed by atoms with van der Waals surface area (Å²) in [7, 11) is 1.61. The lowest BCUT2D eigenvalue weighted by molar-refractivity contribution is -0.385. The summed E-state index contributed by atoms with van der Waals surface area (Å²) < 4.78 is 0. The Morgan fingerprint density at radius 2 is 2.05 bits per heavy atom. The van der Waals surface area contributed by atoms with Crippen LogP contribution in [0.15, 0.2) is 18.2 Å². The Kier molecular flexibility index (Phi) is 6.75. The van der Waals surface area contributed by atoms with Gasteiger partial charge < -0.3 is 4.90 Å². The van der Waals surface area contributed by atoms with Gasteiger partial charge in [-0.05, 0) is 18.9 Å². The molecule has 0 aromatic heterocycles. The van der Waals surface area contributed by atoms with Gasteiger partial charge >= 0.3 is 0 Å². The molecule has 1 aromatic carbocycles. The molecular formula is C13H16Cl2N2O3. The first kappa shape index (κ1) is 16.7. The first-order chi connectivity index (χ1) is 9.49. The lowest BCUT2D eigenvalue weighted by Crippen LogP contribution is -2.28. The first-order valence-corrected chi connectivity index (χ1v) is 7.14. The minimum atomic E-state index is -0.597. The Labute approximate surface area is 127 Å². The molecule has 0 unspecified atom stereocenters. The molecule has 0 aliphatic rings. The monoisotopic (exact) mass is 318 g/mol. The Morgan fingerprint density at radius 1 is 1.35 bits per heavy atom. The normalized spacial score (nSPS) is 10.3. The third-order valence-electron chi connectivity index (χ3n) is 2.88. The third-order valence-corrected chi connectivity index (χ3v) is 3.46. The van der Waals surface area contributed by atoms with Gasteiger partial charge in [-0.2, -0.15) is 0 Å². The highest BCUT2D eigenvalue weighted by atomic mass is 35.5. The number of carbonyl (C=O) groups excluding carboxylic acids is 1. The maximum absolute atomic E-state index is 12.3. The number of nitro benzene ring substituents is 1. The highest BCUT2D eigenvalue weighted by Crippen LogP contribution is 2.27. The first-order valence-electron chi connectivity index (χ1n) is 6.23. The Bertz CT molecular complexity index is 495. The third kappa shape index (κ3) is 4.35. The number of benzene rings is 1. The van der Waals surface area contributed by atoms with Gasteiger partial charge in [0.05, 0.1) is 9.95 Å². The van der Waals surface area contributed by atoms with Gasteiger partial charge in [0, 0.05) is 25.5 Å². The number of nitro groups is 1. The quantitative estimate of drug-likeness (QED) is 0.333. The van der Waals surface area contributed by atoms with Crippen LogP contribution in [0, 0.1) is 10.1 Å².